The molecule has 1 heterocycles. The van der Waals surface area contributed by atoms with E-state index in [9.17, 15) is 13.2 Å². The lowest BCUT2D eigenvalue weighted by atomic mass is 9.96. The van der Waals surface area contributed by atoms with Crippen LogP contribution in [0.5, 0.6) is 5.75 Å². The first kappa shape index (κ1) is 21.8. The van der Waals surface area contributed by atoms with Gasteiger partial charge in [0.05, 0.1) is 26.7 Å². The zero-order valence-corrected chi connectivity index (χ0v) is 18.5. The van der Waals surface area contributed by atoms with E-state index in [1.165, 1.54) is 17.0 Å². The summed E-state index contributed by atoms with van der Waals surface area (Å²) in [7, 11) is -2.28. The first-order valence-corrected chi connectivity index (χ1v) is 12.0. The molecule has 1 saturated heterocycles. The second-order valence-corrected chi connectivity index (χ2v) is 10.0. The largest absolute Gasteiger partial charge is 0.495 e. The first-order chi connectivity index (χ1) is 14.9. The van der Waals surface area contributed by atoms with Crippen molar-refractivity contribution in [1.82, 2.24) is 9.62 Å². The fraction of sp³-hybridized carbons (Fsp3) is 0.435. The maximum Gasteiger partial charge on any atom is 0.246 e. The molecule has 0 bridgehead atoms. The quantitative estimate of drug-likeness (QED) is 0.674. The number of nitrogens with zero attached hydrogens (tertiary/aromatic N) is 1. The number of amides is 1. The van der Waals surface area contributed by atoms with Crippen molar-refractivity contribution < 1.29 is 22.7 Å². The van der Waals surface area contributed by atoms with Crippen LogP contribution in [0.25, 0.3) is 0 Å². The van der Waals surface area contributed by atoms with E-state index in [1.54, 1.807) is 18.2 Å². The Bertz CT molecular complexity index is 1030. The molecule has 1 N–H and O–H groups in total. The van der Waals surface area contributed by atoms with Crippen LogP contribution in [0.15, 0.2) is 53.4 Å². The molecule has 1 aliphatic carbocycles. The second-order valence-electron chi connectivity index (χ2n) is 8.10. The molecule has 0 aromatic heterocycles. The third-order valence-electron chi connectivity index (χ3n) is 6.04. The van der Waals surface area contributed by atoms with Gasteiger partial charge in [-0.3, -0.25) is 4.79 Å². The fourth-order valence-corrected chi connectivity index (χ4v) is 5.60. The molecule has 2 aromatic carbocycles. The Kier molecular flexibility index (Phi) is 6.31. The second kappa shape index (κ2) is 8.98. The number of carbonyl (C=O) groups is 1. The van der Waals surface area contributed by atoms with Crippen molar-refractivity contribution in [3.63, 3.8) is 0 Å². The van der Waals surface area contributed by atoms with Gasteiger partial charge in [0.25, 0.3) is 0 Å². The van der Waals surface area contributed by atoms with E-state index >= 15 is 0 Å². The third-order valence-corrected chi connectivity index (χ3v) is 7.96. The van der Waals surface area contributed by atoms with Gasteiger partial charge in [-0.15, -0.1) is 0 Å². The molecule has 0 unspecified atom stereocenters. The van der Waals surface area contributed by atoms with Crippen molar-refractivity contribution in [3.05, 3.63) is 59.7 Å². The Balaban J connectivity index is 1.45. The van der Waals surface area contributed by atoms with E-state index in [0.717, 1.165) is 12.8 Å². The van der Waals surface area contributed by atoms with Crippen LogP contribution in [-0.4, -0.2) is 58.6 Å². The number of rotatable bonds is 8. The number of sulfonamides is 1. The van der Waals surface area contributed by atoms with Crippen LogP contribution >= 0.6 is 0 Å². The summed E-state index contributed by atoms with van der Waals surface area (Å²) in [6.45, 7) is 1.93. The highest BCUT2D eigenvalue weighted by molar-refractivity contribution is 7.89. The maximum atomic E-state index is 13.1. The van der Waals surface area contributed by atoms with E-state index in [1.807, 2.05) is 18.2 Å². The zero-order valence-electron chi connectivity index (χ0n) is 17.7. The summed E-state index contributed by atoms with van der Waals surface area (Å²) < 4.78 is 38.2. The lowest BCUT2D eigenvalue weighted by Gasteiger charge is -2.26. The summed E-state index contributed by atoms with van der Waals surface area (Å²) in [5, 5.41) is 3.04. The molecule has 2 aliphatic rings. The molecule has 2 fully saturated rings. The molecule has 7 nitrogen and oxygen atoms in total. The number of nitrogens with one attached hydrogen (secondary N) is 1. The minimum atomic E-state index is -3.73. The average Bonchev–Trinajstić information content (AvgIpc) is 3.60. The predicted molar refractivity (Wildman–Crippen MR) is 117 cm³/mol. The molecule has 1 saturated carbocycles. The topological polar surface area (TPSA) is 84.9 Å². The van der Waals surface area contributed by atoms with Crippen molar-refractivity contribution in [2.24, 2.45) is 0 Å². The van der Waals surface area contributed by atoms with Crippen molar-refractivity contribution in [1.29, 1.82) is 0 Å². The molecule has 0 radical (unpaired) electrons. The molecule has 4 rings (SSSR count). The Labute approximate surface area is 183 Å². The SMILES string of the molecule is COc1ccc(CC(=O)NCC2(c3ccccc3)CC2)cc1S(=O)(=O)N1CCOCC1. The van der Waals surface area contributed by atoms with Crippen molar-refractivity contribution in [2.45, 2.75) is 29.6 Å². The standard InChI is InChI=1S/C23H28N2O5S/c1-29-20-8-7-18(15-21(20)31(27,28)25-11-13-30-14-12-25)16-22(26)24-17-23(9-10-23)19-5-3-2-4-6-19/h2-8,15H,9-14,16-17H2,1H3,(H,24,26). The molecule has 1 amide bonds. The Morgan fingerprint density at radius 1 is 1.13 bits per heavy atom. The summed E-state index contributed by atoms with van der Waals surface area (Å²) in [6.07, 6.45) is 2.23. The van der Waals surface area contributed by atoms with Gasteiger partial charge in [0.15, 0.2) is 0 Å². The number of benzene rings is 2. The zero-order chi connectivity index (χ0) is 21.9. The number of methoxy groups -OCH3 is 1. The van der Waals surface area contributed by atoms with Crippen LogP contribution in [0.1, 0.15) is 24.0 Å². The molecule has 8 heteroatoms. The van der Waals surface area contributed by atoms with Crippen LogP contribution in [0, 0.1) is 0 Å². The number of carbonyl (C=O) groups excluding carboxylic acids is 1. The average molecular weight is 445 g/mol. The summed E-state index contributed by atoms with van der Waals surface area (Å²) in [5.74, 6) is 0.152. The van der Waals surface area contributed by atoms with Crippen LogP contribution in [0.2, 0.25) is 0 Å². The summed E-state index contributed by atoms with van der Waals surface area (Å²) in [6, 6.07) is 15.1. The van der Waals surface area contributed by atoms with Gasteiger partial charge in [0.2, 0.25) is 15.9 Å². The van der Waals surface area contributed by atoms with Gasteiger partial charge in [-0.05, 0) is 36.1 Å². The van der Waals surface area contributed by atoms with Gasteiger partial charge >= 0.3 is 0 Å². The maximum absolute atomic E-state index is 13.1. The van der Waals surface area contributed by atoms with E-state index in [0.29, 0.717) is 38.4 Å². The van der Waals surface area contributed by atoms with Gasteiger partial charge in [-0.25, -0.2) is 8.42 Å². The molecule has 1 aliphatic heterocycles. The van der Waals surface area contributed by atoms with E-state index in [4.69, 9.17) is 9.47 Å². The van der Waals surface area contributed by atoms with Gasteiger partial charge < -0.3 is 14.8 Å². The normalized spacial score (nSPS) is 18.4. The molecule has 2 aromatic rings. The number of ether oxygens (including phenoxy) is 2. The molecule has 31 heavy (non-hydrogen) atoms. The Morgan fingerprint density at radius 2 is 1.84 bits per heavy atom. The molecule has 166 valence electrons. The van der Waals surface area contributed by atoms with E-state index in [2.05, 4.69) is 17.4 Å². The molecular weight excluding hydrogens is 416 g/mol. The highest BCUT2D eigenvalue weighted by atomic mass is 32.2. The van der Waals surface area contributed by atoms with Crippen LogP contribution in [0.4, 0.5) is 0 Å². The Hall–Kier alpha value is -2.42. The highest BCUT2D eigenvalue weighted by Gasteiger charge is 2.44. The first-order valence-electron chi connectivity index (χ1n) is 10.5. The van der Waals surface area contributed by atoms with Crippen molar-refractivity contribution in [3.8, 4) is 5.75 Å². The predicted octanol–water partition coefficient (Wildman–Crippen LogP) is 2.11. The molecule has 0 atom stereocenters. The fourth-order valence-electron chi connectivity index (χ4n) is 3.98. The van der Waals surface area contributed by atoms with E-state index < -0.39 is 10.0 Å². The van der Waals surface area contributed by atoms with Crippen LogP contribution in [-0.2, 0) is 31.4 Å². The minimum absolute atomic E-state index is 0.0294. The van der Waals surface area contributed by atoms with Crippen molar-refractivity contribution in [2.75, 3.05) is 40.0 Å². The van der Waals surface area contributed by atoms with Gasteiger partial charge in [-0.1, -0.05) is 36.4 Å². The lowest BCUT2D eigenvalue weighted by Crippen LogP contribution is -2.40. The lowest BCUT2D eigenvalue weighted by molar-refractivity contribution is -0.120. The van der Waals surface area contributed by atoms with Gasteiger partial charge in [0.1, 0.15) is 10.6 Å². The molecular formula is C23H28N2O5S. The van der Waals surface area contributed by atoms with E-state index in [-0.39, 0.29) is 28.4 Å². The number of hydrogen-bond donors (Lipinski definition) is 1. The monoisotopic (exact) mass is 444 g/mol. The summed E-state index contributed by atoms with van der Waals surface area (Å²) in [5.41, 5.74) is 1.91. The highest BCUT2D eigenvalue weighted by Crippen LogP contribution is 2.47. The minimum Gasteiger partial charge on any atom is -0.495 e. The van der Waals surface area contributed by atoms with Crippen LogP contribution < -0.4 is 10.1 Å². The van der Waals surface area contributed by atoms with Crippen LogP contribution in [0.3, 0.4) is 0 Å². The summed E-state index contributed by atoms with van der Waals surface area (Å²) in [4.78, 5) is 12.7. The Morgan fingerprint density at radius 3 is 2.48 bits per heavy atom. The van der Waals surface area contributed by atoms with Gasteiger partial charge in [-0.2, -0.15) is 4.31 Å². The van der Waals surface area contributed by atoms with Crippen molar-refractivity contribution >= 4 is 15.9 Å². The summed E-state index contributed by atoms with van der Waals surface area (Å²) >= 11 is 0. The molecule has 0 spiro atoms. The van der Waals surface area contributed by atoms with Gasteiger partial charge in [0, 0.05) is 25.0 Å². The number of hydrogen-bond acceptors (Lipinski definition) is 5. The number of morpholine rings is 1. The third kappa shape index (κ3) is 4.76. The smallest absolute Gasteiger partial charge is 0.246 e.